The number of nitrogen functional groups attached to an aromatic ring is 1. The molecule has 2 heterocycles. The number of carbonyl (C=O) groups excluding carboxylic acids is 1. The number of pyridine rings is 1. The molecule has 0 aromatic carbocycles. The normalized spacial score (nSPS) is 21.0. The van der Waals surface area contributed by atoms with Gasteiger partial charge in [0.25, 0.3) is 5.91 Å². The predicted octanol–water partition coefficient (Wildman–Crippen LogP) is 2.27. The minimum atomic E-state index is -0.571. The number of amides is 1. The van der Waals surface area contributed by atoms with Gasteiger partial charge in [0.2, 0.25) is 0 Å². The predicted molar refractivity (Wildman–Crippen MR) is 78.4 cm³/mol. The molecule has 1 aromatic rings. The van der Waals surface area contributed by atoms with Gasteiger partial charge in [0.15, 0.2) is 0 Å². The van der Waals surface area contributed by atoms with Crippen molar-refractivity contribution in [1.82, 2.24) is 10.3 Å². The SMILES string of the molecule is CCC1(CC)CC(NC(=O)c2cc(F)cnc2N)CCO1. The summed E-state index contributed by atoms with van der Waals surface area (Å²) in [5.74, 6) is -0.913. The fraction of sp³-hybridized carbons (Fsp3) is 0.600. The highest BCUT2D eigenvalue weighted by Crippen LogP contribution is 2.31. The third-order valence-corrected chi connectivity index (χ3v) is 4.25. The fourth-order valence-corrected chi connectivity index (χ4v) is 2.79. The molecule has 1 aromatic heterocycles. The van der Waals surface area contributed by atoms with Crippen LogP contribution in [0.3, 0.4) is 0 Å². The van der Waals surface area contributed by atoms with Gasteiger partial charge in [0.05, 0.1) is 17.4 Å². The van der Waals surface area contributed by atoms with Crippen LogP contribution in [0.5, 0.6) is 0 Å². The van der Waals surface area contributed by atoms with Crippen molar-refractivity contribution in [3.8, 4) is 0 Å². The molecule has 1 atom stereocenters. The smallest absolute Gasteiger partial charge is 0.255 e. The Kier molecular flexibility index (Phi) is 4.77. The summed E-state index contributed by atoms with van der Waals surface area (Å²) < 4.78 is 19.1. The molecule has 0 bridgehead atoms. The van der Waals surface area contributed by atoms with Gasteiger partial charge in [-0.15, -0.1) is 0 Å². The molecule has 1 saturated heterocycles. The van der Waals surface area contributed by atoms with Gasteiger partial charge < -0.3 is 15.8 Å². The van der Waals surface area contributed by atoms with Crippen molar-refractivity contribution in [2.45, 2.75) is 51.2 Å². The number of nitrogens with one attached hydrogen (secondary N) is 1. The summed E-state index contributed by atoms with van der Waals surface area (Å²) in [5.41, 5.74) is 5.54. The summed E-state index contributed by atoms with van der Waals surface area (Å²) >= 11 is 0. The molecular formula is C15H22FN3O2. The van der Waals surface area contributed by atoms with E-state index < -0.39 is 5.82 Å². The molecule has 1 aliphatic heterocycles. The molecular weight excluding hydrogens is 273 g/mol. The van der Waals surface area contributed by atoms with Crippen molar-refractivity contribution < 1.29 is 13.9 Å². The van der Waals surface area contributed by atoms with Crippen LogP contribution in [0.2, 0.25) is 0 Å². The Morgan fingerprint density at radius 1 is 1.57 bits per heavy atom. The lowest BCUT2D eigenvalue weighted by Gasteiger charge is -2.40. The van der Waals surface area contributed by atoms with Crippen LogP contribution < -0.4 is 11.1 Å². The number of ether oxygens (including phenoxy) is 1. The van der Waals surface area contributed by atoms with Crippen molar-refractivity contribution in [2.24, 2.45) is 0 Å². The van der Waals surface area contributed by atoms with E-state index in [1.165, 1.54) is 0 Å². The molecule has 1 fully saturated rings. The average molecular weight is 295 g/mol. The van der Waals surface area contributed by atoms with Crippen LogP contribution in [0, 0.1) is 5.82 Å². The fourth-order valence-electron chi connectivity index (χ4n) is 2.79. The molecule has 2 rings (SSSR count). The summed E-state index contributed by atoms with van der Waals surface area (Å²) in [6, 6.07) is 1.12. The summed E-state index contributed by atoms with van der Waals surface area (Å²) in [4.78, 5) is 15.9. The van der Waals surface area contributed by atoms with Crippen LogP contribution in [0.15, 0.2) is 12.3 Å². The van der Waals surface area contributed by atoms with Crippen LogP contribution in [0.1, 0.15) is 49.9 Å². The third kappa shape index (κ3) is 3.50. The van der Waals surface area contributed by atoms with Gasteiger partial charge in [0.1, 0.15) is 11.6 Å². The molecule has 0 aliphatic carbocycles. The second kappa shape index (κ2) is 6.39. The lowest BCUT2D eigenvalue weighted by molar-refractivity contribution is -0.0917. The molecule has 0 radical (unpaired) electrons. The highest BCUT2D eigenvalue weighted by molar-refractivity contribution is 5.98. The Labute approximate surface area is 124 Å². The molecule has 1 unspecified atom stereocenters. The Hall–Kier alpha value is -1.69. The van der Waals surface area contributed by atoms with Crippen molar-refractivity contribution in [3.63, 3.8) is 0 Å². The third-order valence-electron chi connectivity index (χ3n) is 4.25. The molecule has 116 valence electrons. The number of aromatic nitrogens is 1. The Balaban J connectivity index is 2.07. The van der Waals surface area contributed by atoms with Crippen LogP contribution in [-0.4, -0.2) is 29.1 Å². The van der Waals surface area contributed by atoms with Gasteiger partial charge >= 0.3 is 0 Å². The maximum atomic E-state index is 13.2. The van der Waals surface area contributed by atoms with Gasteiger partial charge in [-0.1, -0.05) is 13.8 Å². The van der Waals surface area contributed by atoms with Gasteiger partial charge in [-0.2, -0.15) is 0 Å². The van der Waals surface area contributed by atoms with Crippen molar-refractivity contribution in [1.29, 1.82) is 0 Å². The van der Waals surface area contributed by atoms with E-state index in [0.29, 0.717) is 6.61 Å². The zero-order valence-corrected chi connectivity index (χ0v) is 12.5. The van der Waals surface area contributed by atoms with E-state index in [2.05, 4.69) is 24.1 Å². The number of rotatable bonds is 4. The minimum absolute atomic E-state index is 0.00816. The second-order valence-electron chi connectivity index (χ2n) is 5.49. The number of carbonyl (C=O) groups is 1. The van der Waals surface area contributed by atoms with Crippen LogP contribution in [0.4, 0.5) is 10.2 Å². The highest BCUT2D eigenvalue weighted by Gasteiger charge is 2.35. The van der Waals surface area contributed by atoms with E-state index >= 15 is 0 Å². The monoisotopic (exact) mass is 295 g/mol. The maximum absolute atomic E-state index is 13.2. The number of halogens is 1. The molecule has 21 heavy (non-hydrogen) atoms. The van der Waals surface area contributed by atoms with Crippen LogP contribution in [-0.2, 0) is 4.74 Å². The minimum Gasteiger partial charge on any atom is -0.383 e. The molecule has 5 nitrogen and oxygen atoms in total. The van der Waals surface area contributed by atoms with Gasteiger partial charge in [-0.25, -0.2) is 9.37 Å². The van der Waals surface area contributed by atoms with E-state index in [0.717, 1.165) is 37.9 Å². The number of nitrogens with zero attached hydrogens (tertiary/aromatic N) is 1. The first kappa shape index (κ1) is 15.7. The first-order valence-corrected chi connectivity index (χ1v) is 7.35. The highest BCUT2D eigenvalue weighted by atomic mass is 19.1. The Morgan fingerprint density at radius 2 is 2.29 bits per heavy atom. The van der Waals surface area contributed by atoms with E-state index in [9.17, 15) is 9.18 Å². The van der Waals surface area contributed by atoms with E-state index in [4.69, 9.17) is 10.5 Å². The summed E-state index contributed by atoms with van der Waals surface area (Å²) in [7, 11) is 0. The number of hydrogen-bond donors (Lipinski definition) is 2. The Bertz CT molecular complexity index is 518. The maximum Gasteiger partial charge on any atom is 0.255 e. The zero-order valence-electron chi connectivity index (χ0n) is 12.5. The topological polar surface area (TPSA) is 77.2 Å². The number of hydrogen-bond acceptors (Lipinski definition) is 4. The standard InChI is InChI=1S/C15H22FN3O2/c1-3-15(4-2)8-11(5-6-21-15)19-14(20)12-7-10(16)9-18-13(12)17/h7,9,11H,3-6,8H2,1-2H3,(H2,17,18)(H,19,20). The number of anilines is 1. The quantitative estimate of drug-likeness (QED) is 0.893. The van der Waals surface area contributed by atoms with Crippen LogP contribution in [0.25, 0.3) is 0 Å². The van der Waals surface area contributed by atoms with Gasteiger partial charge in [0, 0.05) is 12.6 Å². The van der Waals surface area contributed by atoms with E-state index in [-0.39, 0.29) is 28.9 Å². The summed E-state index contributed by atoms with van der Waals surface area (Å²) in [5, 5.41) is 2.92. The van der Waals surface area contributed by atoms with Crippen molar-refractivity contribution in [2.75, 3.05) is 12.3 Å². The first-order chi connectivity index (χ1) is 9.99. The summed E-state index contributed by atoms with van der Waals surface area (Å²) in [6.07, 6.45) is 4.31. The van der Waals surface area contributed by atoms with Crippen molar-refractivity contribution >= 4 is 11.7 Å². The average Bonchev–Trinajstić information content (AvgIpc) is 2.49. The van der Waals surface area contributed by atoms with Gasteiger partial charge in [-0.05, 0) is 31.7 Å². The molecule has 0 saturated carbocycles. The molecule has 1 aliphatic rings. The molecule has 6 heteroatoms. The van der Waals surface area contributed by atoms with Crippen molar-refractivity contribution in [3.05, 3.63) is 23.6 Å². The molecule has 1 amide bonds. The largest absolute Gasteiger partial charge is 0.383 e. The molecule has 0 spiro atoms. The van der Waals surface area contributed by atoms with E-state index in [1.54, 1.807) is 0 Å². The Morgan fingerprint density at radius 3 is 2.95 bits per heavy atom. The molecule has 3 N–H and O–H groups in total. The van der Waals surface area contributed by atoms with Gasteiger partial charge in [-0.3, -0.25) is 4.79 Å². The number of nitrogens with two attached hydrogens (primary N) is 1. The lowest BCUT2D eigenvalue weighted by Crippen LogP contribution is -2.48. The first-order valence-electron chi connectivity index (χ1n) is 7.35. The second-order valence-corrected chi connectivity index (χ2v) is 5.49. The lowest BCUT2D eigenvalue weighted by atomic mass is 9.86. The zero-order chi connectivity index (χ0) is 15.5. The van der Waals surface area contributed by atoms with Crippen LogP contribution >= 0.6 is 0 Å². The summed E-state index contributed by atoms with van der Waals surface area (Å²) in [6.45, 7) is 4.79. The van der Waals surface area contributed by atoms with E-state index in [1.807, 2.05) is 0 Å².